The van der Waals surface area contributed by atoms with Gasteiger partial charge in [-0.3, -0.25) is 9.59 Å². The van der Waals surface area contributed by atoms with Crippen molar-refractivity contribution >= 4 is 49.0 Å². The maximum Gasteiger partial charge on any atom is 0.276 e. The first-order valence-electron chi connectivity index (χ1n) is 8.93. The normalized spacial score (nSPS) is 11.2. The number of hydrogen-bond donors (Lipinski definition) is 1. The molecule has 0 aliphatic rings. The van der Waals surface area contributed by atoms with Gasteiger partial charge in [-0.25, -0.2) is 4.68 Å². The predicted molar refractivity (Wildman–Crippen MR) is 114 cm³/mol. The number of halogens is 1. The Bertz CT molecular complexity index is 1230. The number of fused-ring (bicyclic) bond motifs is 3. The lowest BCUT2D eigenvalue weighted by molar-refractivity contribution is -0.121. The van der Waals surface area contributed by atoms with E-state index in [0.717, 1.165) is 26.0 Å². The number of rotatable bonds is 5. The lowest BCUT2D eigenvalue weighted by Gasteiger charge is -2.08. The Morgan fingerprint density at radius 2 is 1.93 bits per heavy atom. The van der Waals surface area contributed by atoms with Crippen molar-refractivity contribution in [3.05, 3.63) is 75.2 Å². The molecule has 0 fully saturated rings. The van der Waals surface area contributed by atoms with Crippen molar-refractivity contribution in [2.45, 2.75) is 19.9 Å². The number of amides is 1. The number of benzene rings is 2. The minimum absolute atomic E-state index is 0.0968. The number of nitrogens with one attached hydrogen (secondary N) is 1. The molecule has 0 saturated heterocycles. The molecule has 1 N–H and O–H groups in total. The van der Waals surface area contributed by atoms with E-state index >= 15 is 0 Å². The molecule has 0 saturated carbocycles. The standard InChI is InChI=1S/C21H18ClN3O2S/c1-13-20-19(16-4-2-3-5-17(16)28-20)21(27)25(24-13)12-18(26)23-11-10-14-6-8-15(22)9-7-14/h2-9H,10-12H2,1H3,(H,23,26). The van der Waals surface area contributed by atoms with Crippen molar-refractivity contribution in [2.75, 3.05) is 6.54 Å². The number of thiophene rings is 1. The van der Waals surface area contributed by atoms with Crippen molar-refractivity contribution in [2.24, 2.45) is 0 Å². The van der Waals surface area contributed by atoms with Gasteiger partial charge in [0.2, 0.25) is 5.91 Å². The van der Waals surface area contributed by atoms with Crippen LogP contribution in [0.5, 0.6) is 0 Å². The predicted octanol–water partition coefficient (Wildman–Crippen LogP) is 3.93. The summed E-state index contributed by atoms with van der Waals surface area (Å²) in [6.45, 7) is 2.25. The Labute approximate surface area is 170 Å². The molecule has 0 atom stereocenters. The Hall–Kier alpha value is -2.70. The molecule has 0 aliphatic heterocycles. The van der Waals surface area contributed by atoms with Crippen molar-refractivity contribution in [1.29, 1.82) is 0 Å². The molecule has 0 aliphatic carbocycles. The van der Waals surface area contributed by atoms with Crippen LogP contribution in [-0.2, 0) is 17.8 Å². The van der Waals surface area contributed by atoms with Crippen LogP contribution in [0.25, 0.3) is 20.2 Å². The number of aromatic nitrogens is 2. The summed E-state index contributed by atoms with van der Waals surface area (Å²) >= 11 is 7.43. The zero-order chi connectivity index (χ0) is 19.7. The van der Waals surface area contributed by atoms with Gasteiger partial charge in [-0.15, -0.1) is 11.3 Å². The highest BCUT2D eigenvalue weighted by Crippen LogP contribution is 2.32. The van der Waals surface area contributed by atoms with Crippen LogP contribution in [-0.4, -0.2) is 22.2 Å². The molecule has 5 nitrogen and oxygen atoms in total. The van der Waals surface area contributed by atoms with Gasteiger partial charge in [0, 0.05) is 21.7 Å². The Morgan fingerprint density at radius 3 is 2.71 bits per heavy atom. The zero-order valence-corrected chi connectivity index (χ0v) is 16.8. The number of nitrogens with zero attached hydrogens (tertiary/aromatic N) is 2. The third-order valence-electron chi connectivity index (χ3n) is 4.59. The topological polar surface area (TPSA) is 64.0 Å². The van der Waals surface area contributed by atoms with Crippen LogP contribution in [0.1, 0.15) is 11.3 Å². The molecule has 4 rings (SSSR count). The van der Waals surface area contributed by atoms with Gasteiger partial charge in [0.05, 0.1) is 15.8 Å². The average molecular weight is 412 g/mol. The number of aryl methyl sites for hydroxylation is 1. The SMILES string of the molecule is Cc1nn(CC(=O)NCCc2ccc(Cl)cc2)c(=O)c2c1sc1ccccc12. The fraction of sp³-hybridized carbons (Fsp3) is 0.190. The second-order valence-corrected chi connectivity index (χ2v) is 8.07. The second-order valence-electron chi connectivity index (χ2n) is 6.58. The van der Waals surface area contributed by atoms with Crippen LogP contribution in [0, 0.1) is 6.92 Å². The third kappa shape index (κ3) is 3.66. The van der Waals surface area contributed by atoms with Gasteiger partial charge in [0.25, 0.3) is 5.56 Å². The summed E-state index contributed by atoms with van der Waals surface area (Å²) in [5.74, 6) is -0.234. The molecule has 0 spiro atoms. The molecule has 2 heterocycles. The number of carbonyl (C=O) groups excluding carboxylic acids is 1. The molecular weight excluding hydrogens is 394 g/mol. The summed E-state index contributed by atoms with van der Waals surface area (Å²) in [5.41, 5.74) is 1.61. The van der Waals surface area contributed by atoms with E-state index in [9.17, 15) is 9.59 Å². The van der Waals surface area contributed by atoms with E-state index in [0.29, 0.717) is 23.4 Å². The average Bonchev–Trinajstić information content (AvgIpc) is 3.08. The third-order valence-corrected chi connectivity index (χ3v) is 6.12. The fourth-order valence-electron chi connectivity index (χ4n) is 3.21. The molecule has 2 aromatic heterocycles. The summed E-state index contributed by atoms with van der Waals surface area (Å²) in [5, 5.41) is 9.44. The van der Waals surface area contributed by atoms with E-state index < -0.39 is 0 Å². The summed E-state index contributed by atoms with van der Waals surface area (Å²) in [6.07, 6.45) is 0.693. The van der Waals surface area contributed by atoms with Gasteiger partial charge in [-0.05, 0) is 37.1 Å². The van der Waals surface area contributed by atoms with Crippen LogP contribution in [0.2, 0.25) is 5.02 Å². The lowest BCUT2D eigenvalue weighted by Crippen LogP contribution is -2.34. The monoisotopic (exact) mass is 411 g/mol. The molecule has 1 amide bonds. The van der Waals surface area contributed by atoms with Crippen molar-refractivity contribution in [3.8, 4) is 0 Å². The number of carbonyl (C=O) groups is 1. The van der Waals surface area contributed by atoms with Crippen LogP contribution in [0.4, 0.5) is 0 Å². The molecule has 0 radical (unpaired) electrons. The first kappa shape index (κ1) is 18.7. The second kappa shape index (κ2) is 7.73. The van der Waals surface area contributed by atoms with Gasteiger partial charge >= 0.3 is 0 Å². The van der Waals surface area contributed by atoms with E-state index in [1.165, 1.54) is 4.68 Å². The first-order chi connectivity index (χ1) is 13.5. The van der Waals surface area contributed by atoms with Crippen molar-refractivity contribution in [3.63, 3.8) is 0 Å². The van der Waals surface area contributed by atoms with Crippen LogP contribution < -0.4 is 10.9 Å². The molecule has 0 bridgehead atoms. The number of hydrogen-bond acceptors (Lipinski definition) is 4. The molecule has 2 aromatic carbocycles. The smallest absolute Gasteiger partial charge is 0.276 e. The Morgan fingerprint density at radius 1 is 1.18 bits per heavy atom. The molecule has 0 unspecified atom stereocenters. The summed E-state index contributed by atoms with van der Waals surface area (Å²) in [4.78, 5) is 25.3. The maximum atomic E-state index is 12.9. The van der Waals surface area contributed by atoms with Crippen LogP contribution in [0.15, 0.2) is 53.3 Å². The van der Waals surface area contributed by atoms with Crippen LogP contribution >= 0.6 is 22.9 Å². The highest BCUT2D eigenvalue weighted by atomic mass is 35.5. The summed E-state index contributed by atoms with van der Waals surface area (Å²) in [7, 11) is 0. The lowest BCUT2D eigenvalue weighted by atomic mass is 10.1. The van der Waals surface area contributed by atoms with Gasteiger partial charge in [-0.1, -0.05) is 41.9 Å². The molecule has 142 valence electrons. The molecule has 7 heteroatoms. The summed E-state index contributed by atoms with van der Waals surface area (Å²) < 4.78 is 3.18. The van der Waals surface area contributed by atoms with E-state index in [-0.39, 0.29) is 18.0 Å². The summed E-state index contributed by atoms with van der Waals surface area (Å²) in [6, 6.07) is 15.3. The van der Waals surface area contributed by atoms with Gasteiger partial charge < -0.3 is 5.32 Å². The maximum absolute atomic E-state index is 12.9. The van der Waals surface area contributed by atoms with Crippen molar-refractivity contribution in [1.82, 2.24) is 15.1 Å². The fourth-order valence-corrected chi connectivity index (χ4v) is 4.47. The van der Waals surface area contributed by atoms with Crippen LogP contribution in [0.3, 0.4) is 0 Å². The Kier molecular flexibility index (Phi) is 5.15. The Balaban J connectivity index is 1.52. The zero-order valence-electron chi connectivity index (χ0n) is 15.2. The van der Waals surface area contributed by atoms with E-state index in [4.69, 9.17) is 11.6 Å². The highest BCUT2D eigenvalue weighted by Gasteiger charge is 2.15. The van der Waals surface area contributed by atoms with Gasteiger partial charge in [-0.2, -0.15) is 5.10 Å². The molecular formula is C21H18ClN3O2S. The van der Waals surface area contributed by atoms with Gasteiger partial charge in [0.15, 0.2) is 0 Å². The van der Waals surface area contributed by atoms with E-state index in [1.807, 2.05) is 55.5 Å². The molecule has 28 heavy (non-hydrogen) atoms. The highest BCUT2D eigenvalue weighted by molar-refractivity contribution is 7.26. The van der Waals surface area contributed by atoms with Gasteiger partial charge in [0.1, 0.15) is 6.54 Å². The van der Waals surface area contributed by atoms with Crippen molar-refractivity contribution < 1.29 is 4.79 Å². The quantitative estimate of drug-likeness (QED) is 0.541. The first-order valence-corrected chi connectivity index (χ1v) is 10.1. The largest absolute Gasteiger partial charge is 0.354 e. The minimum atomic E-state index is -0.234. The molecule has 4 aromatic rings. The van der Waals surface area contributed by atoms with E-state index in [1.54, 1.807) is 11.3 Å². The van der Waals surface area contributed by atoms with E-state index in [2.05, 4.69) is 10.4 Å². The minimum Gasteiger partial charge on any atom is -0.354 e.